The minimum absolute atomic E-state index is 0.0538. The maximum Gasteiger partial charge on any atom is 0.234 e. The SMILES string of the molecule is CCN(CC(=O)NC(C)C)CC(=O)N[C@@H](C)c1ccc(C)c(C)c1. The van der Waals surface area contributed by atoms with Crippen molar-refractivity contribution in [1.29, 1.82) is 0 Å². The first kappa shape index (κ1) is 20.2. The number of amides is 2. The van der Waals surface area contributed by atoms with Gasteiger partial charge in [-0.2, -0.15) is 0 Å². The van der Waals surface area contributed by atoms with E-state index in [1.54, 1.807) is 0 Å². The zero-order valence-electron chi connectivity index (χ0n) is 15.8. The highest BCUT2D eigenvalue weighted by molar-refractivity contribution is 5.81. The number of hydrogen-bond donors (Lipinski definition) is 2. The zero-order chi connectivity index (χ0) is 18.3. The summed E-state index contributed by atoms with van der Waals surface area (Å²) in [5.74, 6) is -0.123. The number of rotatable bonds is 8. The van der Waals surface area contributed by atoms with Crippen molar-refractivity contribution in [3.8, 4) is 0 Å². The second-order valence-corrected chi connectivity index (χ2v) is 6.66. The lowest BCUT2D eigenvalue weighted by molar-refractivity contribution is -0.125. The van der Waals surface area contributed by atoms with Crippen molar-refractivity contribution in [2.75, 3.05) is 19.6 Å². The van der Waals surface area contributed by atoms with Crippen LogP contribution in [0.4, 0.5) is 0 Å². The van der Waals surface area contributed by atoms with E-state index in [4.69, 9.17) is 0 Å². The van der Waals surface area contributed by atoms with Crippen LogP contribution in [0.5, 0.6) is 0 Å². The summed E-state index contributed by atoms with van der Waals surface area (Å²) in [7, 11) is 0. The molecule has 1 rings (SSSR count). The predicted molar refractivity (Wildman–Crippen MR) is 97.9 cm³/mol. The maximum absolute atomic E-state index is 12.3. The van der Waals surface area contributed by atoms with E-state index < -0.39 is 0 Å². The van der Waals surface area contributed by atoms with Gasteiger partial charge in [-0.15, -0.1) is 0 Å². The average molecular weight is 333 g/mol. The van der Waals surface area contributed by atoms with Crippen LogP contribution in [0.15, 0.2) is 18.2 Å². The number of carbonyl (C=O) groups is 2. The van der Waals surface area contributed by atoms with Gasteiger partial charge in [0.15, 0.2) is 0 Å². The third kappa shape index (κ3) is 6.71. The molecule has 0 fully saturated rings. The molecule has 0 bridgehead atoms. The number of hydrogen-bond acceptors (Lipinski definition) is 3. The van der Waals surface area contributed by atoms with E-state index in [9.17, 15) is 9.59 Å². The highest BCUT2D eigenvalue weighted by atomic mass is 16.2. The number of carbonyl (C=O) groups excluding carboxylic acids is 2. The molecule has 1 aromatic carbocycles. The number of likely N-dealkylation sites (N-methyl/N-ethyl adjacent to an activating group) is 1. The summed E-state index contributed by atoms with van der Waals surface area (Å²) in [6.07, 6.45) is 0. The summed E-state index contributed by atoms with van der Waals surface area (Å²) in [6.45, 7) is 13.0. The van der Waals surface area contributed by atoms with Crippen LogP contribution in [0, 0.1) is 13.8 Å². The van der Waals surface area contributed by atoms with Gasteiger partial charge < -0.3 is 10.6 Å². The third-order valence-corrected chi connectivity index (χ3v) is 4.04. The molecule has 2 N–H and O–H groups in total. The molecule has 0 aromatic heterocycles. The van der Waals surface area contributed by atoms with Crippen LogP contribution in [0.1, 0.15) is 50.4 Å². The van der Waals surface area contributed by atoms with E-state index in [1.165, 1.54) is 11.1 Å². The molecule has 0 heterocycles. The minimum Gasteiger partial charge on any atom is -0.353 e. The second kappa shape index (κ2) is 9.42. The molecule has 0 unspecified atom stereocenters. The van der Waals surface area contributed by atoms with Gasteiger partial charge in [0, 0.05) is 6.04 Å². The van der Waals surface area contributed by atoms with Crippen molar-refractivity contribution >= 4 is 11.8 Å². The van der Waals surface area contributed by atoms with Crippen molar-refractivity contribution in [3.05, 3.63) is 34.9 Å². The van der Waals surface area contributed by atoms with Crippen LogP contribution in [0.2, 0.25) is 0 Å². The number of benzene rings is 1. The quantitative estimate of drug-likeness (QED) is 0.767. The smallest absolute Gasteiger partial charge is 0.234 e. The van der Waals surface area contributed by atoms with Gasteiger partial charge >= 0.3 is 0 Å². The Morgan fingerprint density at radius 2 is 1.58 bits per heavy atom. The maximum atomic E-state index is 12.3. The summed E-state index contributed by atoms with van der Waals surface area (Å²) in [5, 5.41) is 5.86. The van der Waals surface area contributed by atoms with Gasteiger partial charge in [0.25, 0.3) is 0 Å². The van der Waals surface area contributed by atoms with Gasteiger partial charge in [-0.1, -0.05) is 25.1 Å². The molecule has 24 heavy (non-hydrogen) atoms. The van der Waals surface area contributed by atoms with Crippen molar-refractivity contribution < 1.29 is 9.59 Å². The molecule has 1 aromatic rings. The van der Waals surface area contributed by atoms with E-state index >= 15 is 0 Å². The normalized spacial score (nSPS) is 12.3. The third-order valence-electron chi connectivity index (χ3n) is 4.04. The first-order valence-electron chi connectivity index (χ1n) is 8.61. The fraction of sp³-hybridized carbons (Fsp3) is 0.579. The van der Waals surface area contributed by atoms with E-state index in [0.717, 1.165) is 5.56 Å². The number of aryl methyl sites for hydroxylation is 2. The Balaban J connectivity index is 2.56. The lowest BCUT2D eigenvalue weighted by Crippen LogP contribution is -2.44. The highest BCUT2D eigenvalue weighted by Crippen LogP contribution is 2.16. The molecule has 1 atom stereocenters. The Morgan fingerprint density at radius 3 is 2.08 bits per heavy atom. The Kier molecular flexibility index (Phi) is 7.92. The summed E-state index contributed by atoms with van der Waals surface area (Å²) in [4.78, 5) is 25.9. The molecule has 0 aliphatic heterocycles. The van der Waals surface area contributed by atoms with Crippen LogP contribution in [0.3, 0.4) is 0 Å². The van der Waals surface area contributed by atoms with Crippen molar-refractivity contribution in [2.45, 2.75) is 53.6 Å². The van der Waals surface area contributed by atoms with E-state index in [-0.39, 0.29) is 37.0 Å². The fourth-order valence-electron chi connectivity index (χ4n) is 2.46. The Labute approximate surface area is 145 Å². The van der Waals surface area contributed by atoms with Gasteiger partial charge in [-0.25, -0.2) is 0 Å². The highest BCUT2D eigenvalue weighted by Gasteiger charge is 2.16. The first-order chi connectivity index (χ1) is 11.2. The second-order valence-electron chi connectivity index (χ2n) is 6.66. The van der Waals surface area contributed by atoms with Crippen molar-refractivity contribution in [2.24, 2.45) is 0 Å². The molecule has 5 heteroatoms. The molecular weight excluding hydrogens is 302 g/mol. The molecule has 0 radical (unpaired) electrons. The predicted octanol–water partition coefficient (Wildman–Crippen LogP) is 2.33. The number of nitrogens with zero attached hydrogens (tertiary/aromatic N) is 1. The molecule has 0 saturated carbocycles. The Bertz CT molecular complexity index is 570. The molecule has 134 valence electrons. The van der Waals surface area contributed by atoms with Crippen LogP contribution < -0.4 is 10.6 Å². The Morgan fingerprint density at radius 1 is 1.00 bits per heavy atom. The van der Waals surface area contributed by atoms with E-state index in [1.807, 2.05) is 38.7 Å². The minimum atomic E-state index is -0.0695. The zero-order valence-corrected chi connectivity index (χ0v) is 15.8. The molecule has 0 saturated heterocycles. The molecule has 5 nitrogen and oxygen atoms in total. The standard InChI is InChI=1S/C19H31N3O2/c1-7-22(11-18(23)20-13(2)3)12-19(24)21-16(6)17-9-8-14(4)15(5)10-17/h8-10,13,16H,7,11-12H2,1-6H3,(H,20,23)(H,21,24)/t16-/m0/s1. The topological polar surface area (TPSA) is 61.4 Å². The van der Waals surface area contributed by atoms with Gasteiger partial charge in [0.1, 0.15) is 0 Å². The monoisotopic (exact) mass is 333 g/mol. The van der Waals surface area contributed by atoms with Crippen LogP contribution in [-0.4, -0.2) is 42.4 Å². The lowest BCUT2D eigenvalue weighted by Gasteiger charge is -2.22. The summed E-state index contributed by atoms with van der Waals surface area (Å²) in [6, 6.07) is 6.27. The molecule has 0 aliphatic carbocycles. The largest absolute Gasteiger partial charge is 0.353 e. The van der Waals surface area contributed by atoms with E-state index in [2.05, 4.69) is 36.6 Å². The van der Waals surface area contributed by atoms with Crippen LogP contribution in [0.25, 0.3) is 0 Å². The van der Waals surface area contributed by atoms with Gasteiger partial charge in [0.2, 0.25) is 11.8 Å². The average Bonchev–Trinajstić information content (AvgIpc) is 2.48. The van der Waals surface area contributed by atoms with Gasteiger partial charge in [0.05, 0.1) is 19.1 Å². The lowest BCUT2D eigenvalue weighted by atomic mass is 10.0. The summed E-state index contributed by atoms with van der Waals surface area (Å²) < 4.78 is 0. The molecular formula is C19H31N3O2. The molecule has 0 aliphatic rings. The number of nitrogens with one attached hydrogen (secondary N) is 2. The first-order valence-corrected chi connectivity index (χ1v) is 8.61. The van der Waals surface area contributed by atoms with Crippen molar-refractivity contribution in [3.63, 3.8) is 0 Å². The summed E-state index contributed by atoms with van der Waals surface area (Å²) >= 11 is 0. The van der Waals surface area contributed by atoms with E-state index in [0.29, 0.717) is 6.54 Å². The Hall–Kier alpha value is -1.88. The van der Waals surface area contributed by atoms with Crippen LogP contribution >= 0.6 is 0 Å². The van der Waals surface area contributed by atoms with Crippen molar-refractivity contribution in [1.82, 2.24) is 15.5 Å². The van der Waals surface area contributed by atoms with Crippen LogP contribution in [-0.2, 0) is 9.59 Å². The van der Waals surface area contributed by atoms with Gasteiger partial charge in [-0.3, -0.25) is 14.5 Å². The molecule has 0 spiro atoms. The summed E-state index contributed by atoms with van der Waals surface area (Å²) in [5.41, 5.74) is 3.55. The van der Waals surface area contributed by atoms with Gasteiger partial charge in [-0.05, 0) is 57.9 Å². The molecule has 2 amide bonds. The fourth-order valence-corrected chi connectivity index (χ4v) is 2.46.